The third kappa shape index (κ3) is 9.59. The van der Waals surface area contributed by atoms with Gasteiger partial charge in [0.25, 0.3) is 0 Å². The maximum absolute atomic E-state index is 13.5. The molecular formula is C26H38N6O6S. The van der Waals surface area contributed by atoms with E-state index in [1.54, 1.807) is 31.8 Å². The first-order valence-electron chi connectivity index (χ1n) is 12.7. The first kappa shape index (κ1) is 31.6. The molecule has 9 N–H and O–H groups in total. The van der Waals surface area contributed by atoms with Crippen LogP contribution in [0.4, 0.5) is 0 Å². The highest BCUT2D eigenvalue weighted by atomic mass is 32.2. The molecule has 0 saturated carbocycles. The second-order valence-electron chi connectivity index (χ2n) is 9.65. The number of hydrogen-bond donors (Lipinski definition) is 7. The van der Waals surface area contributed by atoms with E-state index >= 15 is 0 Å². The lowest BCUT2D eigenvalue weighted by Crippen LogP contribution is -2.59. The van der Waals surface area contributed by atoms with Crippen LogP contribution in [0.3, 0.4) is 0 Å². The Hall–Kier alpha value is -3.58. The van der Waals surface area contributed by atoms with Gasteiger partial charge in [0.15, 0.2) is 0 Å². The fraction of sp³-hybridized carbons (Fsp3) is 0.500. The number of aromatic nitrogens is 1. The van der Waals surface area contributed by atoms with Crippen molar-refractivity contribution in [3.63, 3.8) is 0 Å². The molecule has 0 aliphatic carbocycles. The molecule has 4 unspecified atom stereocenters. The van der Waals surface area contributed by atoms with Crippen molar-refractivity contribution in [2.24, 2.45) is 17.4 Å². The Bertz CT molecular complexity index is 1170. The van der Waals surface area contributed by atoms with Crippen LogP contribution >= 0.6 is 11.8 Å². The zero-order chi connectivity index (χ0) is 29.1. The van der Waals surface area contributed by atoms with Gasteiger partial charge in [-0.1, -0.05) is 32.0 Å². The SMILES string of the molecule is CSCCC(N)C(=O)NC(Cc1c[nH]c2ccccc12)C(=O)NC(C(=O)NC(CCC(N)=O)C(=O)O)C(C)C. The summed E-state index contributed by atoms with van der Waals surface area (Å²) in [4.78, 5) is 65.2. The van der Waals surface area contributed by atoms with E-state index in [0.717, 1.165) is 16.5 Å². The third-order valence-corrected chi connectivity index (χ3v) is 6.89. The molecule has 39 heavy (non-hydrogen) atoms. The van der Waals surface area contributed by atoms with Crippen LogP contribution in [0, 0.1) is 5.92 Å². The van der Waals surface area contributed by atoms with Crippen molar-refractivity contribution in [1.82, 2.24) is 20.9 Å². The number of aromatic amines is 1. The molecule has 214 valence electrons. The van der Waals surface area contributed by atoms with Crippen molar-refractivity contribution in [3.8, 4) is 0 Å². The topological polar surface area (TPSA) is 209 Å². The second-order valence-corrected chi connectivity index (χ2v) is 10.6. The van der Waals surface area contributed by atoms with Crippen LogP contribution < -0.4 is 27.4 Å². The summed E-state index contributed by atoms with van der Waals surface area (Å²) in [6, 6.07) is 3.17. The minimum atomic E-state index is -1.36. The molecule has 0 aliphatic rings. The number of H-pyrrole nitrogens is 1. The Balaban J connectivity index is 2.25. The van der Waals surface area contributed by atoms with Crippen molar-refractivity contribution < 1.29 is 29.1 Å². The number of carbonyl (C=O) groups is 5. The van der Waals surface area contributed by atoms with Crippen molar-refractivity contribution in [1.29, 1.82) is 0 Å². The van der Waals surface area contributed by atoms with E-state index in [4.69, 9.17) is 11.5 Å². The van der Waals surface area contributed by atoms with Crippen molar-refractivity contribution in [3.05, 3.63) is 36.0 Å². The number of carboxylic acid groups (broad SMARTS) is 1. The van der Waals surface area contributed by atoms with Gasteiger partial charge in [-0.2, -0.15) is 11.8 Å². The minimum absolute atomic E-state index is 0.125. The van der Waals surface area contributed by atoms with Crippen LogP contribution in [0.5, 0.6) is 0 Å². The first-order valence-corrected chi connectivity index (χ1v) is 14.1. The number of aliphatic carboxylic acids is 1. The molecule has 0 bridgehead atoms. The predicted molar refractivity (Wildman–Crippen MR) is 150 cm³/mol. The highest BCUT2D eigenvalue weighted by Crippen LogP contribution is 2.19. The molecule has 0 spiro atoms. The third-order valence-electron chi connectivity index (χ3n) is 6.24. The fourth-order valence-corrected chi connectivity index (χ4v) is 4.47. The molecule has 12 nitrogen and oxygen atoms in total. The highest BCUT2D eigenvalue weighted by Gasteiger charge is 2.32. The normalized spacial score (nSPS) is 14.3. The summed E-state index contributed by atoms with van der Waals surface area (Å²) < 4.78 is 0. The quantitative estimate of drug-likeness (QED) is 0.150. The van der Waals surface area contributed by atoms with E-state index in [2.05, 4.69) is 20.9 Å². The molecule has 4 amide bonds. The van der Waals surface area contributed by atoms with E-state index in [1.807, 2.05) is 30.5 Å². The van der Waals surface area contributed by atoms with Gasteiger partial charge in [-0.15, -0.1) is 0 Å². The average molecular weight is 563 g/mol. The number of nitrogens with two attached hydrogens (primary N) is 2. The van der Waals surface area contributed by atoms with Crippen LogP contribution in [-0.4, -0.2) is 75.9 Å². The molecule has 0 fully saturated rings. The van der Waals surface area contributed by atoms with Gasteiger partial charge < -0.3 is 37.5 Å². The summed E-state index contributed by atoms with van der Waals surface area (Å²) in [6.07, 6.45) is 3.78. The van der Waals surface area contributed by atoms with Crippen molar-refractivity contribution in [2.45, 2.75) is 63.7 Å². The van der Waals surface area contributed by atoms with Gasteiger partial charge in [0, 0.05) is 29.9 Å². The van der Waals surface area contributed by atoms with E-state index < -0.39 is 59.7 Å². The van der Waals surface area contributed by atoms with Gasteiger partial charge in [0.2, 0.25) is 23.6 Å². The van der Waals surface area contributed by atoms with E-state index in [-0.39, 0.29) is 19.3 Å². The summed E-state index contributed by atoms with van der Waals surface area (Å²) in [7, 11) is 0. The molecule has 0 radical (unpaired) electrons. The smallest absolute Gasteiger partial charge is 0.326 e. The second kappa shape index (κ2) is 15.1. The molecule has 1 aromatic heterocycles. The molecule has 2 aromatic rings. The zero-order valence-electron chi connectivity index (χ0n) is 22.4. The number of carboxylic acids is 1. The van der Waals surface area contributed by atoms with Crippen LogP contribution in [0.2, 0.25) is 0 Å². The molecule has 2 rings (SSSR count). The predicted octanol–water partition coefficient (Wildman–Crippen LogP) is 0.251. The largest absolute Gasteiger partial charge is 0.480 e. The number of benzene rings is 1. The van der Waals surface area contributed by atoms with Gasteiger partial charge >= 0.3 is 5.97 Å². The van der Waals surface area contributed by atoms with Gasteiger partial charge in [-0.05, 0) is 42.4 Å². The number of para-hydroxylation sites is 1. The molecule has 0 saturated heterocycles. The van der Waals surface area contributed by atoms with Gasteiger partial charge in [-0.25, -0.2) is 4.79 Å². The molecule has 1 heterocycles. The maximum Gasteiger partial charge on any atom is 0.326 e. The minimum Gasteiger partial charge on any atom is -0.480 e. The first-order chi connectivity index (χ1) is 18.4. The average Bonchev–Trinajstić information content (AvgIpc) is 3.29. The lowest BCUT2D eigenvalue weighted by atomic mass is 9.99. The van der Waals surface area contributed by atoms with E-state index in [9.17, 15) is 29.1 Å². The summed E-state index contributed by atoms with van der Waals surface area (Å²) in [6.45, 7) is 3.38. The fourth-order valence-electron chi connectivity index (χ4n) is 3.98. The van der Waals surface area contributed by atoms with Gasteiger partial charge in [-0.3, -0.25) is 19.2 Å². The molecule has 1 aromatic carbocycles. The number of nitrogens with one attached hydrogen (secondary N) is 4. The van der Waals surface area contributed by atoms with Crippen molar-refractivity contribution >= 4 is 52.3 Å². The molecule has 0 aliphatic heterocycles. The van der Waals surface area contributed by atoms with Crippen LogP contribution in [0.25, 0.3) is 10.9 Å². The molecule has 4 atom stereocenters. The van der Waals surface area contributed by atoms with Crippen molar-refractivity contribution in [2.75, 3.05) is 12.0 Å². The van der Waals surface area contributed by atoms with Crippen LogP contribution in [0.15, 0.2) is 30.5 Å². The number of amides is 4. The van der Waals surface area contributed by atoms with Crippen LogP contribution in [0.1, 0.15) is 38.7 Å². The molecule has 13 heteroatoms. The zero-order valence-corrected chi connectivity index (χ0v) is 23.2. The molecular weight excluding hydrogens is 524 g/mol. The number of primary amides is 1. The summed E-state index contributed by atoms with van der Waals surface area (Å²) in [5.74, 6) is -3.63. The summed E-state index contributed by atoms with van der Waals surface area (Å²) in [5, 5.41) is 18.1. The Morgan fingerprint density at radius 3 is 2.26 bits per heavy atom. The monoisotopic (exact) mass is 562 g/mol. The number of fused-ring (bicyclic) bond motifs is 1. The lowest BCUT2D eigenvalue weighted by Gasteiger charge is -2.27. The lowest BCUT2D eigenvalue weighted by molar-refractivity contribution is -0.143. The highest BCUT2D eigenvalue weighted by molar-refractivity contribution is 7.98. The summed E-state index contributed by atoms with van der Waals surface area (Å²) >= 11 is 1.55. The number of rotatable bonds is 16. The maximum atomic E-state index is 13.5. The van der Waals surface area contributed by atoms with Gasteiger partial charge in [0.1, 0.15) is 18.1 Å². The van der Waals surface area contributed by atoms with Gasteiger partial charge in [0.05, 0.1) is 6.04 Å². The van der Waals surface area contributed by atoms with Crippen LogP contribution in [-0.2, 0) is 30.4 Å². The number of thioether (sulfide) groups is 1. The number of hydrogen-bond acceptors (Lipinski definition) is 7. The Kier molecular flexibility index (Phi) is 12.3. The van der Waals surface area contributed by atoms with E-state index in [0.29, 0.717) is 12.2 Å². The summed E-state index contributed by atoms with van der Waals surface area (Å²) in [5.41, 5.74) is 12.8. The Morgan fingerprint density at radius 2 is 1.64 bits per heavy atom. The Labute approximate surface area is 231 Å². The van der Waals surface area contributed by atoms with E-state index in [1.165, 1.54) is 0 Å². The Morgan fingerprint density at radius 1 is 0.974 bits per heavy atom. The standard InChI is InChI=1S/C26H38N6O6S/c1-14(2)22(25(36)30-19(26(37)38)8-9-21(28)33)32-24(35)20(31-23(34)17(27)10-11-39-3)12-15-13-29-18-7-5-4-6-16(15)18/h4-7,13-14,17,19-20,22,29H,8-12,27H2,1-3H3,(H2,28,33)(H,30,36)(H,31,34)(H,32,35)(H,37,38). The number of carbonyl (C=O) groups excluding carboxylic acids is 4.